The van der Waals surface area contributed by atoms with Crippen LogP contribution < -0.4 is 9.47 Å². The van der Waals surface area contributed by atoms with Crippen molar-refractivity contribution in [1.29, 1.82) is 0 Å². The lowest BCUT2D eigenvalue weighted by Gasteiger charge is -2.21. The summed E-state index contributed by atoms with van der Waals surface area (Å²) >= 11 is 0. The smallest absolute Gasteiger partial charge is 0.309 e. The Bertz CT molecular complexity index is 493. The highest BCUT2D eigenvalue weighted by molar-refractivity contribution is 5.74. The van der Waals surface area contributed by atoms with Gasteiger partial charge in [0.15, 0.2) is 11.5 Å². The van der Waals surface area contributed by atoms with Gasteiger partial charge in [0.2, 0.25) is 6.79 Å². The Kier molecular flexibility index (Phi) is 3.66. The quantitative estimate of drug-likeness (QED) is 0.885. The molecule has 0 unspecified atom stereocenters. The first-order chi connectivity index (χ1) is 8.95. The Hall–Kier alpha value is -1.75. The summed E-state index contributed by atoms with van der Waals surface area (Å²) in [5, 5.41) is 9.23. The zero-order chi connectivity index (χ0) is 14.0. The first kappa shape index (κ1) is 13.7. The van der Waals surface area contributed by atoms with Crippen molar-refractivity contribution in [2.45, 2.75) is 26.9 Å². The number of carbonyl (C=O) groups is 1. The summed E-state index contributed by atoms with van der Waals surface area (Å²) in [6.45, 7) is 3.97. The Labute approximate surface area is 112 Å². The van der Waals surface area contributed by atoms with E-state index < -0.39 is 11.4 Å². The molecule has 0 saturated carbocycles. The highest BCUT2D eigenvalue weighted by Gasteiger charge is 2.30. The second-order valence-electron chi connectivity index (χ2n) is 5.24. The molecular weight excluding hydrogens is 248 g/mol. The van der Waals surface area contributed by atoms with Gasteiger partial charge in [-0.15, -0.1) is 0 Å². The number of carboxylic acid groups (broad SMARTS) is 1. The van der Waals surface area contributed by atoms with Gasteiger partial charge in [-0.1, -0.05) is 6.07 Å². The first-order valence-corrected chi connectivity index (χ1v) is 6.08. The van der Waals surface area contributed by atoms with Crippen LogP contribution in [0.5, 0.6) is 11.5 Å². The van der Waals surface area contributed by atoms with Gasteiger partial charge < -0.3 is 19.3 Å². The molecule has 1 aromatic rings. The van der Waals surface area contributed by atoms with E-state index >= 15 is 0 Å². The lowest BCUT2D eigenvalue weighted by Crippen LogP contribution is -2.26. The molecule has 1 aliphatic rings. The van der Waals surface area contributed by atoms with Gasteiger partial charge in [0.1, 0.15) is 0 Å². The third-order valence-corrected chi connectivity index (χ3v) is 3.24. The number of benzene rings is 1. The van der Waals surface area contributed by atoms with E-state index in [1.807, 2.05) is 12.1 Å². The molecule has 104 valence electrons. The van der Waals surface area contributed by atoms with Crippen molar-refractivity contribution in [3.8, 4) is 11.5 Å². The SMILES string of the molecule is COCc1c(CC(C)(C)C(=O)O)ccc2c1OCO2. The molecule has 1 aliphatic heterocycles. The fourth-order valence-corrected chi connectivity index (χ4v) is 2.09. The van der Waals surface area contributed by atoms with Crippen LogP contribution in [0.25, 0.3) is 0 Å². The van der Waals surface area contributed by atoms with Gasteiger partial charge in [-0.2, -0.15) is 0 Å². The number of fused-ring (bicyclic) bond motifs is 1. The maximum atomic E-state index is 11.2. The van der Waals surface area contributed by atoms with Crippen molar-refractivity contribution < 1.29 is 24.1 Å². The minimum Gasteiger partial charge on any atom is -0.481 e. The Balaban J connectivity index is 2.38. The Morgan fingerprint density at radius 3 is 2.79 bits per heavy atom. The van der Waals surface area contributed by atoms with E-state index in [0.29, 0.717) is 24.5 Å². The molecule has 5 heteroatoms. The van der Waals surface area contributed by atoms with Gasteiger partial charge in [0.05, 0.1) is 12.0 Å². The first-order valence-electron chi connectivity index (χ1n) is 6.08. The molecule has 0 aromatic heterocycles. The van der Waals surface area contributed by atoms with E-state index in [1.165, 1.54) is 0 Å². The van der Waals surface area contributed by atoms with Gasteiger partial charge >= 0.3 is 5.97 Å². The molecular formula is C14H18O5. The molecule has 19 heavy (non-hydrogen) atoms. The van der Waals surface area contributed by atoms with Crippen molar-refractivity contribution in [3.63, 3.8) is 0 Å². The predicted octanol–water partition coefficient (Wildman–Crippen LogP) is 2.21. The number of hydrogen-bond donors (Lipinski definition) is 1. The summed E-state index contributed by atoms with van der Waals surface area (Å²) in [6, 6.07) is 3.70. The summed E-state index contributed by atoms with van der Waals surface area (Å²) in [4.78, 5) is 11.2. The van der Waals surface area contributed by atoms with Gasteiger partial charge in [0.25, 0.3) is 0 Å². The molecule has 0 aliphatic carbocycles. The number of rotatable bonds is 5. The maximum Gasteiger partial charge on any atom is 0.309 e. The molecule has 2 rings (SSSR count). The van der Waals surface area contributed by atoms with Crippen molar-refractivity contribution in [2.75, 3.05) is 13.9 Å². The molecule has 0 amide bonds. The van der Waals surface area contributed by atoms with Crippen molar-refractivity contribution in [1.82, 2.24) is 0 Å². The Morgan fingerprint density at radius 2 is 2.16 bits per heavy atom. The van der Waals surface area contributed by atoms with Crippen LogP contribution in [0.15, 0.2) is 12.1 Å². The minimum absolute atomic E-state index is 0.192. The topological polar surface area (TPSA) is 65.0 Å². The number of carboxylic acids is 1. The van der Waals surface area contributed by atoms with Gasteiger partial charge in [-0.05, 0) is 31.9 Å². The molecule has 0 saturated heterocycles. The summed E-state index contributed by atoms with van der Waals surface area (Å²) < 4.78 is 16.0. The Morgan fingerprint density at radius 1 is 1.42 bits per heavy atom. The van der Waals surface area contributed by atoms with Crippen LogP contribution in [-0.4, -0.2) is 25.0 Å². The van der Waals surface area contributed by atoms with Crippen LogP contribution >= 0.6 is 0 Å². The van der Waals surface area contributed by atoms with Crippen LogP contribution in [0.1, 0.15) is 25.0 Å². The van der Waals surface area contributed by atoms with E-state index in [1.54, 1.807) is 21.0 Å². The lowest BCUT2D eigenvalue weighted by molar-refractivity contribution is -0.146. The molecule has 0 fully saturated rings. The number of ether oxygens (including phenoxy) is 3. The predicted molar refractivity (Wildman–Crippen MR) is 68.4 cm³/mol. The van der Waals surface area contributed by atoms with E-state index in [4.69, 9.17) is 14.2 Å². The second-order valence-corrected chi connectivity index (χ2v) is 5.24. The van der Waals surface area contributed by atoms with Crippen LogP contribution in [0.2, 0.25) is 0 Å². The highest BCUT2D eigenvalue weighted by atomic mass is 16.7. The molecule has 0 radical (unpaired) electrons. The average Bonchev–Trinajstić information content (AvgIpc) is 2.80. The van der Waals surface area contributed by atoms with Crippen LogP contribution in [0, 0.1) is 5.41 Å². The molecule has 1 N–H and O–H groups in total. The fourth-order valence-electron chi connectivity index (χ4n) is 2.09. The van der Waals surface area contributed by atoms with Crippen LogP contribution in [0.4, 0.5) is 0 Å². The molecule has 1 aromatic carbocycles. The minimum atomic E-state index is -0.837. The van der Waals surface area contributed by atoms with Crippen molar-refractivity contribution in [2.24, 2.45) is 5.41 Å². The van der Waals surface area contributed by atoms with Gasteiger partial charge in [-0.3, -0.25) is 4.79 Å². The van der Waals surface area contributed by atoms with E-state index in [9.17, 15) is 9.90 Å². The third-order valence-electron chi connectivity index (χ3n) is 3.24. The van der Waals surface area contributed by atoms with E-state index in [0.717, 1.165) is 11.1 Å². The maximum absolute atomic E-state index is 11.2. The summed E-state index contributed by atoms with van der Waals surface area (Å²) in [7, 11) is 1.60. The molecule has 0 atom stereocenters. The average molecular weight is 266 g/mol. The summed E-state index contributed by atoms with van der Waals surface area (Å²) in [5.41, 5.74) is 0.946. The lowest BCUT2D eigenvalue weighted by atomic mass is 9.84. The number of methoxy groups -OCH3 is 1. The summed E-state index contributed by atoms with van der Waals surface area (Å²) in [5.74, 6) is 0.526. The normalized spacial score (nSPS) is 13.6. The van der Waals surface area contributed by atoms with Crippen molar-refractivity contribution >= 4 is 5.97 Å². The zero-order valence-corrected chi connectivity index (χ0v) is 11.4. The largest absolute Gasteiger partial charge is 0.481 e. The summed E-state index contributed by atoms with van der Waals surface area (Å²) in [6.07, 6.45) is 0.414. The molecule has 0 spiro atoms. The van der Waals surface area contributed by atoms with Crippen LogP contribution in [-0.2, 0) is 22.6 Å². The molecule has 1 heterocycles. The highest BCUT2D eigenvalue weighted by Crippen LogP contribution is 2.39. The number of aliphatic carboxylic acids is 1. The standard InChI is InChI=1S/C14H18O5/c1-14(2,13(15)16)6-9-4-5-11-12(19-8-18-11)10(9)7-17-3/h4-5H,6-8H2,1-3H3,(H,15,16). The van der Waals surface area contributed by atoms with Gasteiger partial charge in [-0.25, -0.2) is 0 Å². The second kappa shape index (κ2) is 5.09. The van der Waals surface area contributed by atoms with Gasteiger partial charge in [0, 0.05) is 12.7 Å². The monoisotopic (exact) mass is 266 g/mol. The third kappa shape index (κ3) is 2.66. The fraction of sp³-hybridized carbons (Fsp3) is 0.500. The van der Waals surface area contributed by atoms with E-state index in [-0.39, 0.29) is 6.79 Å². The molecule has 0 bridgehead atoms. The number of hydrogen-bond acceptors (Lipinski definition) is 4. The van der Waals surface area contributed by atoms with Crippen LogP contribution in [0.3, 0.4) is 0 Å². The van der Waals surface area contributed by atoms with Crippen molar-refractivity contribution in [3.05, 3.63) is 23.3 Å². The van der Waals surface area contributed by atoms with E-state index in [2.05, 4.69) is 0 Å². The molecule has 5 nitrogen and oxygen atoms in total. The zero-order valence-electron chi connectivity index (χ0n) is 11.4.